The monoisotopic (exact) mass is 430 g/mol. The topological polar surface area (TPSA) is 117 Å². The molecule has 8 nitrogen and oxygen atoms in total. The number of rotatable bonds is 7. The Labute approximate surface area is 176 Å². The average Bonchev–Trinajstić information content (AvgIpc) is 3.31. The first-order valence-corrected chi connectivity index (χ1v) is 11.6. The van der Waals surface area contributed by atoms with Gasteiger partial charge in [0.15, 0.2) is 11.0 Å². The Hall–Kier alpha value is -2.43. The van der Waals surface area contributed by atoms with Gasteiger partial charge >= 0.3 is 0 Å². The highest BCUT2D eigenvalue weighted by Gasteiger charge is 2.22. The number of primary amides is 1. The van der Waals surface area contributed by atoms with Crippen molar-refractivity contribution in [1.82, 2.24) is 19.9 Å². The van der Waals surface area contributed by atoms with Crippen molar-refractivity contribution >= 4 is 51.1 Å². The molecule has 2 amide bonds. The molecule has 2 aromatic heterocycles. The lowest BCUT2D eigenvalue weighted by Crippen LogP contribution is -2.31. The first-order valence-electron chi connectivity index (χ1n) is 9.35. The summed E-state index contributed by atoms with van der Waals surface area (Å²) < 4.78 is 0. The molecule has 0 saturated carbocycles. The maximum absolute atomic E-state index is 12.8. The molecule has 1 aliphatic heterocycles. The number of hydrogen-bond donors (Lipinski definition) is 3. The van der Waals surface area contributed by atoms with Gasteiger partial charge in [-0.1, -0.05) is 6.07 Å². The highest BCUT2D eigenvalue weighted by atomic mass is 32.2. The molecule has 0 unspecified atom stereocenters. The van der Waals surface area contributed by atoms with Crippen LogP contribution in [0.2, 0.25) is 0 Å². The zero-order valence-corrected chi connectivity index (χ0v) is 17.7. The Morgan fingerprint density at radius 3 is 3.03 bits per heavy atom. The number of fused-ring (bicyclic) bond motifs is 2. The van der Waals surface area contributed by atoms with Crippen molar-refractivity contribution in [1.29, 1.82) is 0 Å². The zero-order chi connectivity index (χ0) is 20.4. The fourth-order valence-corrected chi connectivity index (χ4v) is 4.89. The third-order valence-electron chi connectivity index (χ3n) is 4.84. The maximum Gasteiger partial charge on any atom is 0.284 e. The molecule has 0 radical (unpaired) electrons. The molecular weight excluding hydrogens is 408 g/mol. The number of carbonyl (C=O) groups is 2. The van der Waals surface area contributed by atoms with Crippen LogP contribution in [0.3, 0.4) is 0 Å². The van der Waals surface area contributed by atoms with Crippen molar-refractivity contribution in [2.45, 2.75) is 19.4 Å². The second-order valence-electron chi connectivity index (χ2n) is 6.87. The van der Waals surface area contributed by atoms with Gasteiger partial charge in [0.25, 0.3) is 11.8 Å². The largest absolute Gasteiger partial charge is 0.363 e. The molecule has 0 saturated heterocycles. The van der Waals surface area contributed by atoms with Crippen molar-refractivity contribution in [2.24, 2.45) is 5.73 Å². The van der Waals surface area contributed by atoms with Gasteiger partial charge in [-0.25, -0.2) is 9.97 Å². The van der Waals surface area contributed by atoms with Crippen LogP contribution >= 0.6 is 23.1 Å². The average molecular weight is 431 g/mol. The standard InChI is InChI=1S/C19H22N6O2S2/c1-28-9-3-7-25-8-6-12-14(10-25)29-19(22-12)24-18(27)11-4-2-5-13-15(11)23-17(21-13)16(20)26/h2,4-5H,3,6-10H2,1H3,(H2,20,26)(H,21,23)(H,22,24,27). The third-order valence-corrected chi connectivity index (χ3v) is 6.54. The smallest absolute Gasteiger partial charge is 0.284 e. The van der Waals surface area contributed by atoms with E-state index >= 15 is 0 Å². The summed E-state index contributed by atoms with van der Waals surface area (Å²) in [5.41, 5.74) is 7.73. The Kier molecular flexibility index (Phi) is 5.84. The fourth-order valence-electron chi connectivity index (χ4n) is 3.42. The minimum Gasteiger partial charge on any atom is -0.363 e. The highest BCUT2D eigenvalue weighted by Crippen LogP contribution is 2.29. The number of para-hydroxylation sites is 1. The van der Waals surface area contributed by atoms with Crippen molar-refractivity contribution < 1.29 is 9.59 Å². The van der Waals surface area contributed by atoms with E-state index in [4.69, 9.17) is 5.73 Å². The predicted octanol–water partition coefficient (Wildman–Crippen LogP) is 2.48. The molecule has 10 heteroatoms. The zero-order valence-electron chi connectivity index (χ0n) is 16.0. The Morgan fingerprint density at radius 2 is 2.24 bits per heavy atom. The lowest BCUT2D eigenvalue weighted by molar-refractivity contribution is 0.0989. The van der Waals surface area contributed by atoms with Crippen molar-refractivity contribution in [3.8, 4) is 0 Å². The minimum absolute atomic E-state index is 0.0338. The number of nitrogens with zero attached hydrogens (tertiary/aromatic N) is 3. The van der Waals surface area contributed by atoms with Gasteiger partial charge in [0, 0.05) is 24.4 Å². The molecule has 0 atom stereocenters. The molecule has 29 heavy (non-hydrogen) atoms. The molecule has 0 fully saturated rings. The Bertz CT molecular complexity index is 1060. The summed E-state index contributed by atoms with van der Waals surface area (Å²) >= 11 is 3.40. The number of aromatic nitrogens is 3. The van der Waals surface area contributed by atoms with Crippen LogP contribution in [-0.2, 0) is 13.0 Å². The molecule has 4 rings (SSSR count). The molecule has 0 aliphatic carbocycles. The van der Waals surface area contributed by atoms with Crippen LogP contribution in [0.1, 0.15) is 38.0 Å². The van der Waals surface area contributed by atoms with E-state index in [9.17, 15) is 9.59 Å². The van der Waals surface area contributed by atoms with Gasteiger partial charge in [0.05, 0.1) is 16.8 Å². The van der Waals surface area contributed by atoms with E-state index in [1.54, 1.807) is 18.2 Å². The maximum atomic E-state index is 12.8. The van der Waals surface area contributed by atoms with E-state index in [0.29, 0.717) is 21.7 Å². The van der Waals surface area contributed by atoms with Crippen molar-refractivity contribution in [3.05, 3.63) is 40.2 Å². The van der Waals surface area contributed by atoms with Crippen LogP contribution in [0.4, 0.5) is 5.13 Å². The van der Waals surface area contributed by atoms with E-state index in [2.05, 4.69) is 31.4 Å². The second-order valence-corrected chi connectivity index (χ2v) is 8.94. The number of H-pyrrole nitrogens is 1. The van der Waals surface area contributed by atoms with E-state index in [1.165, 1.54) is 28.4 Å². The summed E-state index contributed by atoms with van der Waals surface area (Å²) in [5.74, 6) is 0.235. The highest BCUT2D eigenvalue weighted by molar-refractivity contribution is 7.98. The van der Waals surface area contributed by atoms with Crippen molar-refractivity contribution in [2.75, 3.05) is 30.4 Å². The Balaban J connectivity index is 1.49. The van der Waals surface area contributed by atoms with Gasteiger partial charge in [-0.05, 0) is 37.1 Å². The fraction of sp³-hybridized carbons (Fsp3) is 0.368. The minimum atomic E-state index is -0.665. The van der Waals surface area contributed by atoms with Gasteiger partial charge in [-0.2, -0.15) is 11.8 Å². The van der Waals surface area contributed by atoms with Gasteiger partial charge in [0.2, 0.25) is 0 Å². The number of thioether (sulfide) groups is 1. The van der Waals surface area contributed by atoms with Crippen LogP contribution in [0.5, 0.6) is 0 Å². The van der Waals surface area contributed by atoms with Crippen LogP contribution in [0, 0.1) is 0 Å². The number of imidazole rings is 1. The quantitative estimate of drug-likeness (QED) is 0.496. The van der Waals surface area contributed by atoms with E-state index in [-0.39, 0.29) is 11.7 Å². The summed E-state index contributed by atoms with van der Waals surface area (Å²) in [5, 5.41) is 3.48. The number of thiazole rings is 1. The summed E-state index contributed by atoms with van der Waals surface area (Å²) in [6, 6.07) is 5.16. The number of aromatic amines is 1. The van der Waals surface area contributed by atoms with E-state index in [1.807, 2.05) is 11.8 Å². The van der Waals surface area contributed by atoms with E-state index in [0.717, 1.165) is 31.7 Å². The van der Waals surface area contributed by atoms with Crippen LogP contribution in [0.15, 0.2) is 18.2 Å². The Morgan fingerprint density at radius 1 is 1.38 bits per heavy atom. The molecule has 1 aliphatic rings. The second kappa shape index (κ2) is 8.52. The summed E-state index contributed by atoms with van der Waals surface area (Å²) in [6.07, 6.45) is 4.21. The van der Waals surface area contributed by atoms with Crippen LogP contribution < -0.4 is 11.1 Å². The molecule has 152 valence electrons. The number of amides is 2. The molecule has 0 bridgehead atoms. The SMILES string of the molecule is CSCCCN1CCc2nc(NC(=O)c3cccc4[nH]c(C(N)=O)nc34)sc2C1. The summed E-state index contributed by atoms with van der Waals surface area (Å²) in [4.78, 5) is 39.5. The van der Waals surface area contributed by atoms with Crippen LogP contribution in [-0.4, -0.2) is 56.8 Å². The van der Waals surface area contributed by atoms with E-state index < -0.39 is 5.91 Å². The predicted molar refractivity (Wildman–Crippen MR) is 117 cm³/mol. The first kappa shape index (κ1) is 19.9. The van der Waals surface area contributed by atoms with Crippen molar-refractivity contribution in [3.63, 3.8) is 0 Å². The number of anilines is 1. The summed E-state index contributed by atoms with van der Waals surface area (Å²) in [7, 11) is 0. The lowest BCUT2D eigenvalue weighted by atomic mass is 10.1. The van der Waals surface area contributed by atoms with Crippen LogP contribution in [0.25, 0.3) is 11.0 Å². The van der Waals surface area contributed by atoms with Gasteiger partial charge in [-0.3, -0.25) is 19.8 Å². The van der Waals surface area contributed by atoms with Gasteiger partial charge in [-0.15, -0.1) is 11.3 Å². The molecule has 0 spiro atoms. The molecule has 3 heterocycles. The normalized spacial score (nSPS) is 14.1. The number of carbonyl (C=O) groups excluding carboxylic acids is 2. The number of nitrogens with one attached hydrogen (secondary N) is 2. The molecule has 3 aromatic rings. The lowest BCUT2D eigenvalue weighted by Gasteiger charge is -2.25. The molecular formula is C19H22N6O2S2. The number of hydrogen-bond acceptors (Lipinski definition) is 7. The number of benzene rings is 1. The molecule has 1 aromatic carbocycles. The number of nitrogens with two attached hydrogens (primary N) is 1. The molecule has 4 N–H and O–H groups in total. The third kappa shape index (κ3) is 4.29. The summed E-state index contributed by atoms with van der Waals surface area (Å²) in [6.45, 7) is 2.97. The van der Waals surface area contributed by atoms with Gasteiger partial charge in [0.1, 0.15) is 5.52 Å². The first-order chi connectivity index (χ1) is 14.0. The van der Waals surface area contributed by atoms with Gasteiger partial charge < -0.3 is 10.7 Å².